The van der Waals surface area contributed by atoms with E-state index in [4.69, 9.17) is 16.1 Å². The van der Waals surface area contributed by atoms with Crippen molar-refractivity contribution in [2.75, 3.05) is 13.1 Å². The van der Waals surface area contributed by atoms with E-state index in [0.29, 0.717) is 5.02 Å². The summed E-state index contributed by atoms with van der Waals surface area (Å²) in [7, 11) is -7.42. The molecule has 1 aromatic carbocycles. The Morgan fingerprint density at radius 3 is 2.21 bits per heavy atom. The van der Waals surface area contributed by atoms with Crippen molar-refractivity contribution in [2.24, 2.45) is 0 Å². The van der Waals surface area contributed by atoms with Crippen molar-refractivity contribution in [3.8, 4) is 0 Å². The van der Waals surface area contributed by atoms with Crippen LogP contribution < -0.4 is 0 Å². The lowest BCUT2D eigenvalue weighted by atomic mass is 10.3. The summed E-state index contributed by atoms with van der Waals surface area (Å²) in [5, 5.41) is 3.29. The summed E-state index contributed by atoms with van der Waals surface area (Å²) in [4.78, 5) is 0.135. The van der Waals surface area contributed by atoms with Crippen molar-refractivity contribution >= 4 is 31.5 Å². The number of aromatic nitrogens is 1. The quantitative estimate of drug-likeness (QED) is 0.789. The molecule has 3 rings (SSSR count). The third-order valence-electron chi connectivity index (χ3n) is 3.96. The molecule has 1 saturated heterocycles. The Bertz CT molecular complexity index is 955. The molecule has 0 unspecified atom stereocenters. The molecule has 0 radical (unpaired) electrons. The van der Waals surface area contributed by atoms with E-state index in [9.17, 15) is 16.8 Å². The third-order valence-corrected chi connectivity index (χ3v) is 8.40. The fourth-order valence-corrected chi connectivity index (χ4v) is 6.37. The molecule has 0 spiro atoms. The van der Waals surface area contributed by atoms with Gasteiger partial charge in [0.1, 0.15) is 10.6 Å². The van der Waals surface area contributed by atoms with E-state index in [0.717, 1.165) is 4.31 Å². The Kier molecular flexibility index (Phi) is 4.23. The molecular weight excluding hydrogens is 376 g/mol. The second kappa shape index (κ2) is 5.83. The standard InChI is InChI=1S/C14H15ClN2O5S2/c1-9-14(10(2)22-16-9)24(20,21)17-7-13(8-17)23(18,19)12-5-3-11(15)4-6-12/h3-6,13H,7-8H2,1-2H3. The number of benzene rings is 1. The second-order valence-corrected chi connectivity index (χ2v) is 10.1. The lowest BCUT2D eigenvalue weighted by Gasteiger charge is -2.37. The van der Waals surface area contributed by atoms with Gasteiger partial charge in [0.05, 0.1) is 10.1 Å². The van der Waals surface area contributed by atoms with E-state index in [1.54, 1.807) is 0 Å². The van der Waals surface area contributed by atoms with Crippen LogP contribution in [0.3, 0.4) is 0 Å². The van der Waals surface area contributed by atoms with Crippen LogP contribution in [-0.2, 0) is 19.9 Å². The van der Waals surface area contributed by atoms with Crippen LogP contribution in [0.4, 0.5) is 0 Å². The molecule has 10 heteroatoms. The van der Waals surface area contributed by atoms with Gasteiger partial charge in [0.15, 0.2) is 15.6 Å². The number of sulfonamides is 1. The van der Waals surface area contributed by atoms with Crippen LogP contribution in [0.15, 0.2) is 38.6 Å². The summed E-state index contributed by atoms with van der Waals surface area (Å²) in [6, 6.07) is 5.82. The van der Waals surface area contributed by atoms with Gasteiger partial charge in [-0.05, 0) is 38.1 Å². The molecule has 1 aromatic heterocycles. The summed E-state index contributed by atoms with van der Waals surface area (Å²) in [5.41, 5.74) is 0.261. The number of hydrogen-bond donors (Lipinski definition) is 0. The van der Waals surface area contributed by atoms with E-state index in [-0.39, 0.29) is 34.3 Å². The fourth-order valence-electron chi connectivity index (χ4n) is 2.58. The van der Waals surface area contributed by atoms with E-state index >= 15 is 0 Å². The number of sulfone groups is 1. The number of hydrogen-bond acceptors (Lipinski definition) is 6. The first-order valence-electron chi connectivity index (χ1n) is 7.06. The Morgan fingerprint density at radius 1 is 1.12 bits per heavy atom. The maximum atomic E-state index is 12.6. The fraction of sp³-hybridized carbons (Fsp3) is 0.357. The van der Waals surface area contributed by atoms with Gasteiger partial charge in [0.2, 0.25) is 10.0 Å². The molecule has 0 aliphatic carbocycles. The molecule has 1 aliphatic rings. The minimum Gasteiger partial charge on any atom is -0.360 e. The summed E-state index contributed by atoms with van der Waals surface area (Å²) in [5.74, 6) is 0.191. The van der Waals surface area contributed by atoms with E-state index in [2.05, 4.69) is 5.16 Å². The van der Waals surface area contributed by atoms with Crippen LogP contribution in [-0.4, -0.2) is 44.6 Å². The number of rotatable bonds is 4. The molecule has 2 aromatic rings. The van der Waals surface area contributed by atoms with Gasteiger partial charge >= 0.3 is 0 Å². The third kappa shape index (κ3) is 2.75. The highest BCUT2D eigenvalue weighted by Crippen LogP contribution is 2.31. The second-order valence-electron chi connectivity index (χ2n) is 5.60. The van der Waals surface area contributed by atoms with Gasteiger partial charge in [-0.25, -0.2) is 16.8 Å². The zero-order valence-corrected chi connectivity index (χ0v) is 15.3. The van der Waals surface area contributed by atoms with Gasteiger partial charge in [-0.2, -0.15) is 4.31 Å². The highest BCUT2D eigenvalue weighted by molar-refractivity contribution is 7.92. The first-order valence-corrected chi connectivity index (χ1v) is 10.4. The average Bonchev–Trinajstić information content (AvgIpc) is 2.76. The molecule has 0 amide bonds. The van der Waals surface area contributed by atoms with E-state index in [1.165, 1.54) is 38.1 Å². The number of nitrogens with zero attached hydrogens (tertiary/aromatic N) is 2. The molecule has 0 N–H and O–H groups in total. The van der Waals surface area contributed by atoms with Crippen LogP contribution >= 0.6 is 11.6 Å². The Morgan fingerprint density at radius 2 is 1.71 bits per heavy atom. The van der Waals surface area contributed by atoms with Gasteiger partial charge < -0.3 is 4.52 Å². The van der Waals surface area contributed by atoms with Gasteiger partial charge in [0.25, 0.3) is 0 Å². The summed E-state index contributed by atoms with van der Waals surface area (Å²) in [6.45, 7) is 2.84. The predicted molar refractivity (Wildman–Crippen MR) is 87.2 cm³/mol. The molecule has 2 heterocycles. The number of aryl methyl sites for hydroxylation is 2. The summed E-state index contributed by atoms with van der Waals surface area (Å²) in [6.07, 6.45) is 0. The van der Waals surface area contributed by atoms with Crippen molar-refractivity contribution in [1.29, 1.82) is 0 Å². The van der Waals surface area contributed by atoms with Crippen molar-refractivity contribution in [1.82, 2.24) is 9.46 Å². The smallest absolute Gasteiger partial charge is 0.248 e. The predicted octanol–water partition coefficient (Wildman–Crippen LogP) is 1.79. The molecular formula is C14H15ClN2O5S2. The molecule has 0 bridgehead atoms. The Labute approximate surface area is 145 Å². The van der Waals surface area contributed by atoms with Gasteiger partial charge in [-0.15, -0.1) is 0 Å². The molecule has 0 atom stereocenters. The minimum absolute atomic E-state index is 0.00448. The van der Waals surface area contributed by atoms with Crippen molar-refractivity contribution in [3.63, 3.8) is 0 Å². The molecule has 1 fully saturated rings. The zero-order chi connectivity index (χ0) is 17.7. The van der Waals surface area contributed by atoms with E-state index < -0.39 is 25.1 Å². The maximum absolute atomic E-state index is 12.6. The van der Waals surface area contributed by atoms with Crippen LogP contribution in [0.25, 0.3) is 0 Å². The monoisotopic (exact) mass is 390 g/mol. The lowest BCUT2D eigenvalue weighted by molar-refractivity contribution is 0.309. The Balaban J connectivity index is 1.81. The van der Waals surface area contributed by atoms with Crippen molar-refractivity contribution in [2.45, 2.75) is 28.9 Å². The molecule has 130 valence electrons. The topological polar surface area (TPSA) is 97.6 Å². The first kappa shape index (κ1) is 17.4. The van der Waals surface area contributed by atoms with Gasteiger partial charge in [0, 0.05) is 18.1 Å². The van der Waals surface area contributed by atoms with Crippen LogP contribution in [0.1, 0.15) is 11.5 Å². The molecule has 1 aliphatic heterocycles. The molecule has 7 nitrogen and oxygen atoms in total. The van der Waals surface area contributed by atoms with Crippen LogP contribution in [0.5, 0.6) is 0 Å². The largest absolute Gasteiger partial charge is 0.360 e. The summed E-state index contributed by atoms with van der Waals surface area (Å²) < 4.78 is 56.2. The van der Waals surface area contributed by atoms with Crippen molar-refractivity contribution < 1.29 is 21.4 Å². The maximum Gasteiger partial charge on any atom is 0.248 e. The summed E-state index contributed by atoms with van der Waals surface area (Å²) >= 11 is 5.76. The van der Waals surface area contributed by atoms with E-state index in [1.807, 2.05) is 0 Å². The molecule has 0 saturated carbocycles. The number of halogens is 1. The average molecular weight is 391 g/mol. The van der Waals surface area contributed by atoms with Crippen molar-refractivity contribution in [3.05, 3.63) is 40.7 Å². The minimum atomic E-state index is -3.81. The van der Waals surface area contributed by atoms with Gasteiger partial charge in [-0.3, -0.25) is 0 Å². The highest BCUT2D eigenvalue weighted by atomic mass is 35.5. The van der Waals surface area contributed by atoms with Crippen LogP contribution in [0.2, 0.25) is 5.02 Å². The normalized spacial score (nSPS) is 17.0. The SMILES string of the molecule is Cc1noc(C)c1S(=O)(=O)N1CC(S(=O)(=O)c2ccc(Cl)cc2)C1. The zero-order valence-electron chi connectivity index (χ0n) is 12.9. The van der Waals surface area contributed by atoms with Crippen LogP contribution in [0, 0.1) is 13.8 Å². The first-order chi connectivity index (χ1) is 11.1. The van der Waals surface area contributed by atoms with Gasteiger partial charge in [-0.1, -0.05) is 16.8 Å². The highest BCUT2D eigenvalue weighted by Gasteiger charge is 2.45. The lowest BCUT2D eigenvalue weighted by Crippen LogP contribution is -2.56. The molecule has 24 heavy (non-hydrogen) atoms. The Hall–Kier alpha value is -1.42.